The Hall–Kier alpha value is -1.33. The highest BCUT2D eigenvalue weighted by atomic mass is 32.1. The zero-order valence-corrected chi connectivity index (χ0v) is 17.1. The maximum atomic E-state index is 5.68. The van der Waals surface area contributed by atoms with Crippen LogP contribution in [0.3, 0.4) is 0 Å². The van der Waals surface area contributed by atoms with Gasteiger partial charge in [-0.1, -0.05) is 32.4 Å². The molecular weight excluding hydrogens is 342 g/mol. The lowest BCUT2D eigenvalue weighted by Gasteiger charge is -2.49. The Balaban J connectivity index is 1.57. The third-order valence-electron chi connectivity index (χ3n) is 5.47. The molecule has 1 aromatic carbocycles. The van der Waals surface area contributed by atoms with Crippen LogP contribution in [0.1, 0.15) is 52.9 Å². The number of rotatable bonds is 6. The molecule has 4 nitrogen and oxygen atoms in total. The molecule has 2 atom stereocenters. The Bertz CT molecular complexity index is 593. The Morgan fingerprint density at radius 1 is 1.23 bits per heavy atom. The third-order valence-corrected chi connectivity index (χ3v) is 5.69. The first-order chi connectivity index (χ1) is 12.6. The highest BCUT2D eigenvalue weighted by Gasteiger charge is 2.38. The van der Waals surface area contributed by atoms with Gasteiger partial charge in [0, 0.05) is 24.7 Å². The van der Waals surface area contributed by atoms with Crippen LogP contribution >= 0.6 is 12.2 Å². The molecule has 0 radical (unpaired) electrons. The SMILES string of the molecule is CCOc1ccccc1NC(=S)NC1C[C@@H]2CCC[C@@H](C1)N2CC(C)C. The summed E-state index contributed by atoms with van der Waals surface area (Å²) in [6.07, 6.45) is 6.42. The van der Waals surface area contributed by atoms with E-state index >= 15 is 0 Å². The van der Waals surface area contributed by atoms with Gasteiger partial charge in [0.15, 0.2) is 5.11 Å². The molecular formula is C21H33N3OS. The van der Waals surface area contributed by atoms with Crippen LogP contribution in [0.25, 0.3) is 0 Å². The molecule has 144 valence electrons. The monoisotopic (exact) mass is 375 g/mol. The van der Waals surface area contributed by atoms with E-state index in [1.165, 1.54) is 38.6 Å². The van der Waals surface area contributed by atoms with E-state index in [0.717, 1.165) is 17.4 Å². The normalized spacial score (nSPS) is 25.8. The van der Waals surface area contributed by atoms with Crippen molar-refractivity contribution in [1.29, 1.82) is 0 Å². The number of benzene rings is 1. The quantitative estimate of drug-likeness (QED) is 0.720. The first-order valence-electron chi connectivity index (χ1n) is 10.1. The van der Waals surface area contributed by atoms with Gasteiger partial charge in [0.25, 0.3) is 0 Å². The molecule has 2 bridgehead atoms. The van der Waals surface area contributed by atoms with Crippen LogP contribution in [0.5, 0.6) is 5.75 Å². The number of para-hydroxylation sites is 2. The van der Waals surface area contributed by atoms with Gasteiger partial charge in [-0.25, -0.2) is 0 Å². The second-order valence-electron chi connectivity index (χ2n) is 8.03. The molecule has 2 saturated heterocycles. The number of piperidine rings is 2. The van der Waals surface area contributed by atoms with E-state index in [4.69, 9.17) is 17.0 Å². The molecule has 0 amide bonds. The standard InChI is InChI=1S/C21H33N3OS/c1-4-25-20-11-6-5-10-19(20)23-21(26)22-16-12-17-8-7-9-18(13-16)24(17)14-15(2)3/h5-6,10-11,15-18H,4,7-9,12-14H2,1-3H3,(H2,22,23,26)/t17-,18-/m0/s1. The van der Waals surface area contributed by atoms with E-state index in [1.807, 2.05) is 31.2 Å². The number of ether oxygens (including phenoxy) is 1. The molecule has 0 aliphatic carbocycles. The van der Waals surface area contributed by atoms with Crippen molar-refractivity contribution in [3.05, 3.63) is 24.3 Å². The minimum Gasteiger partial charge on any atom is -0.492 e. The fourth-order valence-electron chi connectivity index (χ4n) is 4.51. The second-order valence-corrected chi connectivity index (χ2v) is 8.43. The summed E-state index contributed by atoms with van der Waals surface area (Å²) < 4.78 is 5.68. The predicted molar refractivity (Wildman–Crippen MR) is 113 cm³/mol. The van der Waals surface area contributed by atoms with Crippen LogP contribution in [-0.2, 0) is 0 Å². The van der Waals surface area contributed by atoms with Crippen LogP contribution < -0.4 is 15.4 Å². The van der Waals surface area contributed by atoms with Gasteiger partial charge in [-0.2, -0.15) is 0 Å². The van der Waals surface area contributed by atoms with Crippen LogP contribution in [-0.4, -0.2) is 41.3 Å². The Kier molecular flexibility index (Phi) is 6.76. The number of fused-ring (bicyclic) bond motifs is 2. The lowest BCUT2D eigenvalue weighted by atomic mass is 9.81. The van der Waals surface area contributed by atoms with Gasteiger partial charge < -0.3 is 15.4 Å². The number of nitrogens with zero attached hydrogens (tertiary/aromatic N) is 1. The van der Waals surface area contributed by atoms with Gasteiger partial charge in [-0.05, 0) is 62.9 Å². The maximum Gasteiger partial charge on any atom is 0.171 e. The highest BCUT2D eigenvalue weighted by Crippen LogP contribution is 2.34. The summed E-state index contributed by atoms with van der Waals surface area (Å²) >= 11 is 5.60. The molecule has 2 N–H and O–H groups in total. The van der Waals surface area contributed by atoms with Crippen LogP contribution in [0.4, 0.5) is 5.69 Å². The summed E-state index contributed by atoms with van der Waals surface area (Å²) in [4.78, 5) is 2.77. The molecule has 26 heavy (non-hydrogen) atoms. The fourth-order valence-corrected chi connectivity index (χ4v) is 4.79. The first kappa shape index (κ1) is 19.4. The Morgan fingerprint density at radius 3 is 2.58 bits per heavy atom. The lowest BCUT2D eigenvalue weighted by molar-refractivity contribution is 0.0191. The fraction of sp³-hybridized carbons (Fsp3) is 0.667. The average Bonchev–Trinajstić information content (AvgIpc) is 2.57. The molecule has 0 unspecified atom stereocenters. The van der Waals surface area contributed by atoms with E-state index in [-0.39, 0.29) is 0 Å². The summed E-state index contributed by atoms with van der Waals surface area (Å²) in [6.45, 7) is 8.53. The van der Waals surface area contributed by atoms with Crippen molar-refractivity contribution >= 4 is 23.0 Å². The van der Waals surface area contributed by atoms with Gasteiger partial charge in [0.05, 0.1) is 12.3 Å². The van der Waals surface area contributed by atoms with E-state index < -0.39 is 0 Å². The lowest BCUT2D eigenvalue weighted by Crippen LogP contribution is -2.58. The summed E-state index contributed by atoms with van der Waals surface area (Å²) in [5, 5.41) is 7.62. The van der Waals surface area contributed by atoms with Crippen LogP contribution in [0, 0.1) is 5.92 Å². The highest BCUT2D eigenvalue weighted by molar-refractivity contribution is 7.80. The summed E-state index contributed by atoms with van der Waals surface area (Å²) in [5.41, 5.74) is 0.935. The summed E-state index contributed by atoms with van der Waals surface area (Å²) in [6, 6.07) is 9.86. The molecule has 0 spiro atoms. The van der Waals surface area contributed by atoms with Gasteiger partial charge >= 0.3 is 0 Å². The topological polar surface area (TPSA) is 36.5 Å². The largest absolute Gasteiger partial charge is 0.492 e. The van der Waals surface area contributed by atoms with E-state index in [2.05, 4.69) is 29.4 Å². The van der Waals surface area contributed by atoms with Crippen molar-refractivity contribution in [2.45, 2.75) is 71.0 Å². The minimum atomic E-state index is 0.466. The van der Waals surface area contributed by atoms with Gasteiger partial charge in [-0.3, -0.25) is 4.90 Å². The number of hydrogen-bond acceptors (Lipinski definition) is 3. The smallest absolute Gasteiger partial charge is 0.171 e. The molecule has 1 aromatic rings. The maximum absolute atomic E-state index is 5.68. The van der Waals surface area contributed by atoms with E-state index in [1.54, 1.807) is 0 Å². The first-order valence-corrected chi connectivity index (χ1v) is 10.5. The number of anilines is 1. The van der Waals surface area contributed by atoms with Crippen molar-refractivity contribution in [1.82, 2.24) is 10.2 Å². The number of hydrogen-bond donors (Lipinski definition) is 2. The molecule has 2 aliphatic rings. The molecule has 3 rings (SSSR count). The molecule has 5 heteroatoms. The molecule has 2 fully saturated rings. The Morgan fingerprint density at radius 2 is 1.92 bits per heavy atom. The zero-order valence-electron chi connectivity index (χ0n) is 16.3. The van der Waals surface area contributed by atoms with Crippen molar-refractivity contribution in [3.8, 4) is 5.75 Å². The Labute approximate surface area is 163 Å². The van der Waals surface area contributed by atoms with Crippen molar-refractivity contribution in [2.24, 2.45) is 5.92 Å². The van der Waals surface area contributed by atoms with Crippen molar-refractivity contribution in [3.63, 3.8) is 0 Å². The molecule has 0 aromatic heterocycles. The third kappa shape index (κ3) is 4.89. The van der Waals surface area contributed by atoms with Crippen molar-refractivity contribution in [2.75, 3.05) is 18.5 Å². The zero-order chi connectivity index (χ0) is 18.5. The van der Waals surface area contributed by atoms with E-state index in [9.17, 15) is 0 Å². The summed E-state index contributed by atoms with van der Waals surface area (Å²) in [5.74, 6) is 1.59. The second kappa shape index (κ2) is 9.05. The minimum absolute atomic E-state index is 0.466. The van der Waals surface area contributed by atoms with Gasteiger partial charge in [0.1, 0.15) is 5.75 Å². The molecule has 2 heterocycles. The van der Waals surface area contributed by atoms with E-state index in [0.29, 0.717) is 29.8 Å². The molecule has 0 saturated carbocycles. The molecule has 2 aliphatic heterocycles. The van der Waals surface area contributed by atoms with Crippen LogP contribution in [0.15, 0.2) is 24.3 Å². The van der Waals surface area contributed by atoms with Crippen molar-refractivity contribution < 1.29 is 4.74 Å². The average molecular weight is 376 g/mol. The summed E-state index contributed by atoms with van der Waals surface area (Å²) in [7, 11) is 0. The number of thiocarbonyl (C=S) groups is 1. The van der Waals surface area contributed by atoms with Crippen LogP contribution in [0.2, 0.25) is 0 Å². The number of nitrogens with one attached hydrogen (secondary N) is 2. The van der Waals surface area contributed by atoms with Gasteiger partial charge in [-0.15, -0.1) is 0 Å². The predicted octanol–water partition coefficient (Wildman–Crippen LogP) is 4.41. The van der Waals surface area contributed by atoms with Gasteiger partial charge in [0.2, 0.25) is 0 Å².